The fraction of sp³-hybridized carbons (Fsp3) is 0.714. The maximum atomic E-state index is 12.4. The molecule has 0 radical (unpaired) electrons. The van der Waals surface area contributed by atoms with Crippen molar-refractivity contribution in [2.24, 2.45) is 0 Å². The zero-order valence-corrected chi connectivity index (χ0v) is 15.4. The summed E-state index contributed by atoms with van der Waals surface area (Å²) >= 11 is 1.43. The standard InChI is InChI=1S/C14H23N3OS.2ClH/c1-9-10(6-5-7-15-9)17-13(18)11-12(14(2,3)4)16-8-19-11;;/h8-10,15H,5-7H2,1-4H3,(H,17,18);2*1H. The Hall–Kier alpha value is -0.360. The van der Waals surface area contributed by atoms with E-state index in [1.54, 1.807) is 5.51 Å². The molecule has 1 amide bonds. The second-order valence-corrected chi connectivity index (χ2v) is 7.10. The number of halogens is 2. The van der Waals surface area contributed by atoms with E-state index in [4.69, 9.17) is 0 Å². The molecule has 7 heteroatoms. The monoisotopic (exact) mass is 353 g/mol. The van der Waals surface area contributed by atoms with Gasteiger partial charge in [-0.05, 0) is 26.3 Å². The van der Waals surface area contributed by atoms with Crippen LogP contribution >= 0.6 is 36.2 Å². The van der Waals surface area contributed by atoms with Gasteiger partial charge in [0.05, 0.1) is 11.2 Å². The Morgan fingerprint density at radius 3 is 2.67 bits per heavy atom. The van der Waals surface area contributed by atoms with Crippen molar-refractivity contribution in [3.8, 4) is 0 Å². The minimum absolute atomic E-state index is 0. The molecule has 2 unspecified atom stereocenters. The second-order valence-electron chi connectivity index (χ2n) is 6.25. The zero-order chi connectivity index (χ0) is 14.0. The Morgan fingerprint density at radius 2 is 2.10 bits per heavy atom. The van der Waals surface area contributed by atoms with E-state index < -0.39 is 0 Å². The van der Waals surface area contributed by atoms with E-state index in [0.717, 1.165) is 30.0 Å². The number of rotatable bonds is 2. The maximum Gasteiger partial charge on any atom is 0.263 e. The lowest BCUT2D eigenvalue weighted by molar-refractivity contribution is 0.0921. The number of aromatic nitrogens is 1. The number of hydrogen-bond acceptors (Lipinski definition) is 4. The minimum Gasteiger partial charge on any atom is -0.347 e. The van der Waals surface area contributed by atoms with Gasteiger partial charge in [-0.25, -0.2) is 4.98 Å². The molecule has 0 bridgehead atoms. The summed E-state index contributed by atoms with van der Waals surface area (Å²) in [6.45, 7) is 9.43. The van der Waals surface area contributed by atoms with Crippen molar-refractivity contribution >= 4 is 42.1 Å². The number of hydrogen-bond donors (Lipinski definition) is 2. The summed E-state index contributed by atoms with van der Waals surface area (Å²) in [5, 5.41) is 6.55. The Balaban J connectivity index is 0.00000200. The van der Waals surface area contributed by atoms with Gasteiger partial charge in [0.2, 0.25) is 0 Å². The molecule has 1 aromatic heterocycles. The van der Waals surface area contributed by atoms with Crippen molar-refractivity contribution in [3.63, 3.8) is 0 Å². The number of thiazole rings is 1. The molecule has 0 aliphatic carbocycles. The molecule has 0 spiro atoms. The second kappa shape index (κ2) is 8.32. The van der Waals surface area contributed by atoms with Crippen LogP contribution in [0.3, 0.4) is 0 Å². The molecule has 1 aromatic rings. The van der Waals surface area contributed by atoms with Crippen LogP contribution in [0.15, 0.2) is 5.51 Å². The number of carbonyl (C=O) groups excluding carboxylic acids is 1. The average molecular weight is 354 g/mol. The molecule has 21 heavy (non-hydrogen) atoms. The lowest BCUT2D eigenvalue weighted by Crippen LogP contribution is -2.52. The zero-order valence-electron chi connectivity index (χ0n) is 12.9. The van der Waals surface area contributed by atoms with Crippen LogP contribution in [0.1, 0.15) is 55.9 Å². The Labute approximate surface area is 143 Å². The van der Waals surface area contributed by atoms with E-state index in [1.165, 1.54) is 11.3 Å². The van der Waals surface area contributed by atoms with Crippen LogP contribution in [0.5, 0.6) is 0 Å². The molecular formula is C14H25Cl2N3OS. The van der Waals surface area contributed by atoms with Crippen LogP contribution in [0, 0.1) is 0 Å². The topological polar surface area (TPSA) is 54.0 Å². The Kier molecular flexibility index (Phi) is 8.18. The van der Waals surface area contributed by atoms with Gasteiger partial charge in [0.25, 0.3) is 5.91 Å². The van der Waals surface area contributed by atoms with Gasteiger partial charge in [-0.1, -0.05) is 20.8 Å². The average Bonchev–Trinajstić information content (AvgIpc) is 2.81. The summed E-state index contributed by atoms with van der Waals surface area (Å²) in [6, 6.07) is 0.555. The lowest BCUT2D eigenvalue weighted by atomic mass is 9.91. The third-order valence-electron chi connectivity index (χ3n) is 3.56. The summed E-state index contributed by atoms with van der Waals surface area (Å²) in [6.07, 6.45) is 2.16. The van der Waals surface area contributed by atoms with E-state index in [1.807, 2.05) is 0 Å². The van der Waals surface area contributed by atoms with Crippen molar-refractivity contribution in [1.82, 2.24) is 15.6 Å². The van der Waals surface area contributed by atoms with Crippen LogP contribution < -0.4 is 10.6 Å². The first kappa shape index (κ1) is 20.6. The number of nitrogens with zero attached hydrogens (tertiary/aromatic N) is 1. The van der Waals surface area contributed by atoms with Crippen molar-refractivity contribution < 1.29 is 4.79 Å². The highest BCUT2D eigenvalue weighted by molar-refractivity contribution is 7.11. The van der Waals surface area contributed by atoms with E-state index in [9.17, 15) is 4.79 Å². The molecule has 2 N–H and O–H groups in total. The summed E-state index contributed by atoms with van der Waals surface area (Å²) in [4.78, 5) is 17.5. The SMILES string of the molecule is CC1NCCCC1NC(=O)c1scnc1C(C)(C)C.Cl.Cl. The molecule has 2 rings (SSSR count). The molecule has 0 saturated carbocycles. The predicted octanol–water partition coefficient (Wildman–Crippen LogP) is 3.15. The molecule has 2 heterocycles. The summed E-state index contributed by atoms with van der Waals surface area (Å²) in [5.74, 6) is 0.0213. The van der Waals surface area contributed by atoms with Crippen molar-refractivity contribution in [3.05, 3.63) is 16.1 Å². The third-order valence-corrected chi connectivity index (χ3v) is 4.39. The Morgan fingerprint density at radius 1 is 1.43 bits per heavy atom. The largest absolute Gasteiger partial charge is 0.347 e. The van der Waals surface area contributed by atoms with Crippen LogP contribution in [0.2, 0.25) is 0 Å². The first-order valence-corrected chi connectivity index (χ1v) is 7.76. The molecule has 122 valence electrons. The molecule has 1 aliphatic rings. The number of carbonyl (C=O) groups is 1. The number of nitrogens with one attached hydrogen (secondary N) is 2. The van der Waals surface area contributed by atoms with Gasteiger partial charge in [0, 0.05) is 17.5 Å². The first-order valence-electron chi connectivity index (χ1n) is 6.88. The quantitative estimate of drug-likeness (QED) is 0.858. The Bertz CT molecular complexity index is 459. The highest BCUT2D eigenvalue weighted by atomic mass is 35.5. The van der Waals surface area contributed by atoms with Gasteiger partial charge in [-0.15, -0.1) is 36.2 Å². The maximum absolute atomic E-state index is 12.4. The summed E-state index contributed by atoms with van der Waals surface area (Å²) < 4.78 is 0. The van der Waals surface area contributed by atoms with Gasteiger partial charge in [0.15, 0.2) is 0 Å². The van der Waals surface area contributed by atoms with Crippen LogP contribution in [-0.4, -0.2) is 29.5 Å². The van der Waals surface area contributed by atoms with Gasteiger partial charge >= 0.3 is 0 Å². The van der Waals surface area contributed by atoms with Gasteiger partial charge in [0.1, 0.15) is 4.88 Å². The normalized spacial score (nSPS) is 21.9. The lowest BCUT2D eigenvalue weighted by Gasteiger charge is -2.30. The summed E-state index contributed by atoms with van der Waals surface area (Å²) in [5.41, 5.74) is 2.56. The first-order chi connectivity index (χ1) is 8.89. The van der Waals surface area contributed by atoms with Crippen LogP contribution in [0.4, 0.5) is 0 Å². The molecule has 1 saturated heterocycles. The molecule has 4 nitrogen and oxygen atoms in total. The van der Waals surface area contributed by atoms with E-state index in [2.05, 4.69) is 43.3 Å². The third kappa shape index (κ3) is 5.09. The van der Waals surface area contributed by atoms with Gasteiger partial charge in [-0.2, -0.15) is 0 Å². The summed E-state index contributed by atoms with van der Waals surface area (Å²) in [7, 11) is 0. The fourth-order valence-electron chi connectivity index (χ4n) is 2.42. The van der Waals surface area contributed by atoms with Crippen LogP contribution in [-0.2, 0) is 5.41 Å². The molecular weight excluding hydrogens is 329 g/mol. The predicted molar refractivity (Wildman–Crippen MR) is 93.3 cm³/mol. The van der Waals surface area contributed by atoms with E-state index >= 15 is 0 Å². The molecule has 0 aromatic carbocycles. The highest BCUT2D eigenvalue weighted by Crippen LogP contribution is 2.27. The van der Waals surface area contributed by atoms with E-state index in [-0.39, 0.29) is 42.2 Å². The minimum atomic E-state index is -0.0941. The fourth-order valence-corrected chi connectivity index (χ4v) is 3.32. The molecule has 1 aliphatic heterocycles. The smallest absolute Gasteiger partial charge is 0.263 e. The number of piperidine rings is 1. The molecule has 1 fully saturated rings. The van der Waals surface area contributed by atoms with Crippen LogP contribution in [0.25, 0.3) is 0 Å². The highest BCUT2D eigenvalue weighted by Gasteiger charge is 2.28. The van der Waals surface area contributed by atoms with E-state index in [0.29, 0.717) is 6.04 Å². The van der Waals surface area contributed by atoms with Crippen molar-refractivity contribution in [2.45, 2.75) is 58.0 Å². The van der Waals surface area contributed by atoms with Crippen molar-refractivity contribution in [1.29, 1.82) is 0 Å². The molecule has 2 atom stereocenters. The van der Waals surface area contributed by atoms with Gasteiger partial charge < -0.3 is 10.6 Å². The van der Waals surface area contributed by atoms with Gasteiger partial charge in [-0.3, -0.25) is 4.79 Å². The number of amides is 1. The van der Waals surface area contributed by atoms with Crippen molar-refractivity contribution in [2.75, 3.05) is 6.54 Å².